The summed E-state index contributed by atoms with van der Waals surface area (Å²) in [5.41, 5.74) is 2.12. The largest absolute Gasteiger partial charge is 0.508 e. The summed E-state index contributed by atoms with van der Waals surface area (Å²) in [6.07, 6.45) is -0.322. The van der Waals surface area contributed by atoms with Crippen molar-refractivity contribution in [2.45, 2.75) is 31.1 Å². The van der Waals surface area contributed by atoms with Crippen molar-refractivity contribution >= 4 is 11.8 Å². The first-order valence-electron chi connectivity index (χ1n) is 10.3. The molecule has 166 valence electrons. The van der Waals surface area contributed by atoms with Gasteiger partial charge in [-0.1, -0.05) is 24.3 Å². The van der Waals surface area contributed by atoms with Crippen LogP contribution in [0.2, 0.25) is 0 Å². The van der Waals surface area contributed by atoms with E-state index in [1.54, 1.807) is 43.5 Å². The molecule has 3 aromatic rings. The van der Waals surface area contributed by atoms with E-state index in [2.05, 4.69) is 0 Å². The average Bonchev–Trinajstić information content (AvgIpc) is 3.12. The second kappa shape index (κ2) is 9.36. The highest BCUT2D eigenvalue weighted by atomic mass is 19.1. The number of benzene rings is 3. The number of hydrogen-bond acceptors (Lipinski definition) is 4. The molecule has 0 spiro atoms. The Labute approximate surface area is 184 Å². The quantitative estimate of drug-likeness (QED) is 0.498. The molecule has 0 saturated carbocycles. The molecule has 1 saturated heterocycles. The summed E-state index contributed by atoms with van der Waals surface area (Å²) < 4.78 is 38.0. The van der Waals surface area contributed by atoms with E-state index in [1.807, 2.05) is 0 Å². The molecular formula is C25H23F2NO4. The van der Waals surface area contributed by atoms with E-state index in [1.165, 1.54) is 41.3 Å². The predicted octanol–water partition coefficient (Wildman–Crippen LogP) is 5.90. The molecule has 0 bridgehead atoms. The number of phenolic OH excluding ortho intramolecular Hbond substituents is 1. The Balaban J connectivity index is 1.60. The molecule has 1 fully saturated rings. The fourth-order valence-electron chi connectivity index (χ4n) is 4.06. The minimum absolute atomic E-state index is 0.111. The van der Waals surface area contributed by atoms with Crippen LogP contribution >= 0.6 is 0 Å². The van der Waals surface area contributed by atoms with Crippen molar-refractivity contribution in [3.05, 3.63) is 95.6 Å². The van der Waals surface area contributed by atoms with Gasteiger partial charge in [-0.25, -0.2) is 13.6 Å². The Morgan fingerprint density at radius 1 is 0.969 bits per heavy atom. The van der Waals surface area contributed by atoms with Crippen LogP contribution in [0.5, 0.6) is 5.75 Å². The van der Waals surface area contributed by atoms with Crippen molar-refractivity contribution in [3.63, 3.8) is 0 Å². The molecule has 3 aromatic carbocycles. The van der Waals surface area contributed by atoms with Crippen LogP contribution in [-0.2, 0) is 9.47 Å². The summed E-state index contributed by atoms with van der Waals surface area (Å²) in [6, 6.07) is 17.9. The molecule has 1 aliphatic rings. The Morgan fingerprint density at radius 3 is 2.16 bits per heavy atom. The molecule has 5 nitrogen and oxygen atoms in total. The van der Waals surface area contributed by atoms with Crippen LogP contribution in [0.25, 0.3) is 0 Å². The lowest BCUT2D eigenvalue weighted by Crippen LogP contribution is -2.29. The van der Waals surface area contributed by atoms with Crippen molar-refractivity contribution in [3.8, 4) is 5.75 Å². The zero-order valence-corrected chi connectivity index (χ0v) is 17.4. The lowest BCUT2D eigenvalue weighted by atomic mass is 9.94. The molecule has 1 N–H and O–H groups in total. The molecule has 0 aliphatic carbocycles. The Bertz CT molecular complexity index is 1050. The van der Waals surface area contributed by atoms with Gasteiger partial charge in [-0.2, -0.15) is 0 Å². The smallest absolute Gasteiger partial charge is 0.415 e. The fraction of sp³-hybridized carbons (Fsp3) is 0.240. The van der Waals surface area contributed by atoms with Crippen LogP contribution in [0.3, 0.4) is 0 Å². The van der Waals surface area contributed by atoms with Crippen LogP contribution < -0.4 is 4.90 Å². The van der Waals surface area contributed by atoms with Crippen LogP contribution in [0, 0.1) is 11.6 Å². The average molecular weight is 439 g/mol. The Morgan fingerprint density at radius 2 is 1.56 bits per heavy atom. The monoisotopic (exact) mass is 439 g/mol. The molecule has 1 amide bonds. The minimum atomic E-state index is -0.532. The van der Waals surface area contributed by atoms with Gasteiger partial charge in [0.15, 0.2) is 0 Å². The van der Waals surface area contributed by atoms with Crippen molar-refractivity contribution in [2.75, 3.05) is 12.0 Å². The number of aromatic hydroxyl groups is 1. The molecule has 3 unspecified atom stereocenters. The highest BCUT2D eigenvalue weighted by Gasteiger charge is 2.43. The SMILES string of the molecule is COC(CCC1OC(=O)N(c2ccc(F)cc2)C1c1ccc(O)cc1)c1ccc(F)cc1. The highest BCUT2D eigenvalue weighted by Crippen LogP contribution is 2.40. The summed E-state index contributed by atoms with van der Waals surface area (Å²) in [5.74, 6) is -0.614. The molecule has 0 radical (unpaired) electrons. The van der Waals surface area contributed by atoms with Gasteiger partial charge in [-0.3, -0.25) is 4.90 Å². The summed E-state index contributed by atoms with van der Waals surface area (Å²) in [6.45, 7) is 0. The first-order chi connectivity index (χ1) is 15.5. The normalized spacial score (nSPS) is 19.1. The summed E-state index contributed by atoms with van der Waals surface area (Å²) in [4.78, 5) is 14.3. The van der Waals surface area contributed by atoms with E-state index in [9.17, 15) is 18.7 Å². The summed E-state index contributed by atoms with van der Waals surface area (Å²) >= 11 is 0. The second-order valence-electron chi connectivity index (χ2n) is 7.66. The maximum atomic E-state index is 13.4. The Hall–Kier alpha value is -3.45. The maximum absolute atomic E-state index is 13.4. The van der Waals surface area contributed by atoms with Gasteiger partial charge >= 0.3 is 6.09 Å². The Kier molecular flexibility index (Phi) is 6.37. The van der Waals surface area contributed by atoms with Gasteiger partial charge in [0.1, 0.15) is 29.5 Å². The van der Waals surface area contributed by atoms with Crippen LogP contribution in [0.1, 0.15) is 36.1 Å². The zero-order valence-electron chi connectivity index (χ0n) is 17.4. The number of rotatable bonds is 7. The van der Waals surface area contributed by atoms with Crippen molar-refractivity contribution in [1.29, 1.82) is 0 Å². The summed E-state index contributed by atoms with van der Waals surface area (Å²) in [7, 11) is 1.58. The lowest BCUT2D eigenvalue weighted by Gasteiger charge is -2.26. The third kappa shape index (κ3) is 4.57. The number of carbonyl (C=O) groups excluding carboxylic acids is 1. The number of carbonyl (C=O) groups is 1. The number of methoxy groups -OCH3 is 1. The molecule has 7 heteroatoms. The highest BCUT2D eigenvalue weighted by molar-refractivity contribution is 5.91. The van der Waals surface area contributed by atoms with E-state index in [4.69, 9.17) is 9.47 Å². The number of ether oxygens (including phenoxy) is 2. The maximum Gasteiger partial charge on any atom is 0.415 e. The number of halogens is 2. The molecule has 3 atom stereocenters. The lowest BCUT2D eigenvalue weighted by molar-refractivity contribution is 0.0700. The van der Waals surface area contributed by atoms with Crippen molar-refractivity contribution in [2.24, 2.45) is 0 Å². The topological polar surface area (TPSA) is 59.0 Å². The number of anilines is 1. The van der Waals surface area contributed by atoms with E-state index in [0.29, 0.717) is 18.5 Å². The number of hydrogen-bond donors (Lipinski definition) is 1. The van der Waals surface area contributed by atoms with E-state index in [0.717, 1.165) is 11.1 Å². The van der Waals surface area contributed by atoms with E-state index in [-0.39, 0.29) is 17.7 Å². The standard InChI is InChI=1S/C25H23F2NO4/c1-31-22(16-2-6-18(26)7-3-16)14-15-23-24(17-4-12-21(29)13-5-17)28(25(30)32-23)20-10-8-19(27)9-11-20/h2-13,22-24,29H,14-15H2,1H3. The van der Waals surface area contributed by atoms with Crippen molar-refractivity contribution < 1.29 is 28.2 Å². The fourth-order valence-corrected chi connectivity index (χ4v) is 4.06. The van der Waals surface area contributed by atoms with Gasteiger partial charge < -0.3 is 14.6 Å². The third-order valence-corrected chi connectivity index (χ3v) is 5.66. The molecular weight excluding hydrogens is 416 g/mol. The first kappa shape index (κ1) is 21.8. The second-order valence-corrected chi connectivity index (χ2v) is 7.66. The number of amides is 1. The minimum Gasteiger partial charge on any atom is -0.508 e. The van der Waals surface area contributed by atoms with Crippen molar-refractivity contribution in [1.82, 2.24) is 0 Å². The van der Waals surface area contributed by atoms with Crippen LogP contribution in [0.4, 0.5) is 19.3 Å². The zero-order chi connectivity index (χ0) is 22.7. The molecule has 1 aliphatic heterocycles. The van der Waals surface area contributed by atoms with Gasteiger partial charge in [0.05, 0.1) is 6.10 Å². The van der Waals surface area contributed by atoms with Gasteiger partial charge in [0.25, 0.3) is 0 Å². The first-order valence-corrected chi connectivity index (χ1v) is 10.3. The van der Waals surface area contributed by atoms with E-state index < -0.39 is 24.1 Å². The van der Waals surface area contributed by atoms with E-state index >= 15 is 0 Å². The number of cyclic esters (lactones) is 1. The van der Waals surface area contributed by atoms with Crippen LogP contribution in [-0.4, -0.2) is 24.4 Å². The predicted molar refractivity (Wildman–Crippen MR) is 115 cm³/mol. The summed E-state index contributed by atoms with van der Waals surface area (Å²) in [5, 5.41) is 9.69. The van der Waals surface area contributed by atoms with Gasteiger partial charge in [-0.05, 0) is 72.5 Å². The van der Waals surface area contributed by atoms with Gasteiger partial charge in [0, 0.05) is 12.8 Å². The molecule has 32 heavy (non-hydrogen) atoms. The van der Waals surface area contributed by atoms with Gasteiger partial charge in [0.2, 0.25) is 0 Å². The van der Waals surface area contributed by atoms with Crippen LogP contribution in [0.15, 0.2) is 72.8 Å². The molecule has 1 heterocycles. The third-order valence-electron chi connectivity index (χ3n) is 5.66. The number of nitrogens with zero attached hydrogens (tertiary/aromatic N) is 1. The molecule has 0 aromatic heterocycles. The van der Waals surface area contributed by atoms with Gasteiger partial charge in [-0.15, -0.1) is 0 Å². The molecule has 4 rings (SSSR count). The number of phenols is 1.